The number of nitrogens with one attached hydrogen (secondary N) is 1. The lowest BCUT2D eigenvalue weighted by Gasteiger charge is -2.29. The summed E-state index contributed by atoms with van der Waals surface area (Å²) in [5.41, 5.74) is -0.536. The van der Waals surface area contributed by atoms with Crippen LogP contribution >= 0.6 is 11.8 Å². The minimum atomic E-state index is -4.69. The summed E-state index contributed by atoms with van der Waals surface area (Å²) in [7, 11) is 1.23. The van der Waals surface area contributed by atoms with Gasteiger partial charge in [0.05, 0.1) is 5.69 Å². The van der Waals surface area contributed by atoms with Crippen LogP contribution in [0.15, 0.2) is 64.5 Å². The Morgan fingerprint density at radius 2 is 1.93 bits per heavy atom. The zero-order valence-corrected chi connectivity index (χ0v) is 22.0. The van der Waals surface area contributed by atoms with Gasteiger partial charge >= 0.3 is 12.3 Å². The van der Waals surface area contributed by atoms with Crippen LogP contribution in [0.4, 0.5) is 28.0 Å². The van der Waals surface area contributed by atoms with Gasteiger partial charge in [0.2, 0.25) is 11.8 Å². The van der Waals surface area contributed by atoms with Crippen LogP contribution in [0.2, 0.25) is 0 Å². The van der Waals surface area contributed by atoms with Crippen molar-refractivity contribution in [1.29, 1.82) is 0 Å². The fourth-order valence-corrected chi connectivity index (χ4v) is 5.46. The number of rotatable bonds is 5. The van der Waals surface area contributed by atoms with Crippen LogP contribution in [-0.4, -0.2) is 46.8 Å². The summed E-state index contributed by atoms with van der Waals surface area (Å²) in [5, 5.41) is 2.22. The van der Waals surface area contributed by atoms with Crippen molar-refractivity contribution in [2.24, 2.45) is 0 Å². The van der Waals surface area contributed by atoms with E-state index in [9.17, 15) is 36.7 Å². The molecule has 3 heterocycles. The van der Waals surface area contributed by atoms with Crippen LogP contribution in [0.1, 0.15) is 34.5 Å². The van der Waals surface area contributed by atoms with E-state index in [0.717, 1.165) is 17.2 Å². The zero-order chi connectivity index (χ0) is 29.5. The van der Waals surface area contributed by atoms with Gasteiger partial charge in [0, 0.05) is 41.6 Å². The van der Waals surface area contributed by atoms with E-state index < -0.39 is 47.5 Å². The first-order valence-corrected chi connectivity index (χ1v) is 13.0. The summed E-state index contributed by atoms with van der Waals surface area (Å²) in [6.07, 6.45) is -4.39. The SMILES string of the molecule is CN(C(=O)Oc1ccc2c(c1)C(=O)N(C1CCC(=O)NC1=O)C2)c1cc(Sc2cccnc2C(F)(F)F)ccc1F. The number of aromatic nitrogens is 1. The summed E-state index contributed by atoms with van der Waals surface area (Å²) in [6, 6.07) is 9.60. The smallest absolute Gasteiger partial charge is 0.410 e. The number of piperidine rings is 1. The Morgan fingerprint density at radius 3 is 2.66 bits per heavy atom. The predicted molar refractivity (Wildman–Crippen MR) is 137 cm³/mol. The molecule has 0 bridgehead atoms. The van der Waals surface area contributed by atoms with Gasteiger partial charge in [-0.05, 0) is 54.4 Å². The lowest BCUT2D eigenvalue weighted by Crippen LogP contribution is -2.52. The van der Waals surface area contributed by atoms with Crippen molar-refractivity contribution in [3.05, 3.63) is 77.4 Å². The first-order valence-electron chi connectivity index (χ1n) is 12.1. The van der Waals surface area contributed by atoms with Crippen molar-refractivity contribution in [3.63, 3.8) is 0 Å². The maximum absolute atomic E-state index is 14.7. The van der Waals surface area contributed by atoms with Crippen molar-refractivity contribution < 1.29 is 41.5 Å². The third-order valence-corrected chi connectivity index (χ3v) is 7.56. The maximum atomic E-state index is 14.7. The minimum Gasteiger partial charge on any atom is -0.410 e. The van der Waals surface area contributed by atoms with E-state index in [1.165, 1.54) is 48.3 Å². The van der Waals surface area contributed by atoms with E-state index in [2.05, 4.69) is 10.3 Å². The van der Waals surface area contributed by atoms with Gasteiger partial charge < -0.3 is 9.64 Å². The Hall–Kier alpha value is -4.46. The molecule has 41 heavy (non-hydrogen) atoms. The number of pyridine rings is 1. The molecule has 14 heteroatoms. The fraction of sp³-hybridized carbons (Fsp3) is 0.222. The molecule has 0 aliphatic carbocycles. The lowest BCUT2D eigenvalue weighted by atomic mass is 10.0. The summed E-state index contributed by atoms with van der Waals surface area (Å²) < 4.78 is 60.0. The summed E-state index contributed by atoms with van der Waals surface area (Å²) in [4.78, 5) is 55.2. The van der Waals surface area contributed by atoms with Crippen molar-refractivity contribution in [1.82, 2.24) is 15.2 Å². The fourth-order valence-electron chi connectivity index (χ4n) is 4.49. The van der Waals surface area contributed by atoms with Crippen molar-refractivity contribution in [2.45, 2.75) is 41.4 Å². The number of fused-ring (bicyclic) bond motifs is 1. The van der Waals surface area contributed by atoms with E-state index in [4.69, 9.17) is 4.74 Å². The van der Waals surface area contributed by atoms with Crippen molar-refractivity contribution >= 4 is 41.3 Å². The number of carbonyl (C=O) groups excluding carboxylic acids is 4. The molecule has 1 aromatic heterocycles. The Labute approximate surface area is 234 Å². The van der Waals surface area contributed by atoms with Gasteiger partial charge in [-0.1, -0.05) is 17.8 Å². The van der Waals surface area contributed by atoms with Crippen molar-refractivity contribution in [3.8, 4) is 5.75 Å². The van der Waals surface area contributed by atoms with Gasteiger partial charge in [0.15, 0.2) is 5.69 Å². The van der Waals surface area contributed by atoms with Gasteiger partial charge in [-0.25, -0.2) is 9.18 Å². The van der Waals surface area contributed by atoms with Gasteiger partial charge in [-0.3, -0.25) is 29.6 Å². The summed E-state index contributed by atoms with van der Waals surface area (Å²) in [6.45, 7) is 0.136. The van der Waals surface area contributed by atoms with Crippen LogP contribution in [0.5, 0.6) is 5.75 Å². The molecule has 9 nitrogen and oxygen atoms in total. The molecule has 2 aliphatic heterocycles. The van der Waals surface area contributed by atoms with Gasteiger partial charge in [-0.15, -0.1) is 0 Å². The molecular weight excluding hydrogens is 568 g/mol. The topological polar surface area (TPSA) is 109 Å². The average Bonchev–Trinajstić information content (AvgIpc) is 3.24. The number of nitrogens with zero attached hydrogens (tertiary/aromatic N) is 3. The number of amides is 4. The van der Waals surface area contributed by atoms with Crippen molar-refractivity contribution in [2.75, 3.05) is 11.9 Å². The Balaban J connectivity index is 1.31. The molecule has 0 saturated carbocycles. The molecule has 1 atom stereocenters. The van der Waals surface area contributed by atoms with Crippen LogP contribution < -0.4 is 15.0 Å². The summed E-state index contributed by atoms with van der Waals surface area (Å²) in [5.74, 6) is -2.27. The zero-order valence-electron chi connectivity index (χ0n) is 21.2. The van der Waals surface area contributed by atoms with E-state index in [1.54, 1.807) is 6.07 Å². The molecule has 1 saturated heterocycles. The monoisotopic (exact) mass is 588 g/mol. The molecule has 1 fully saturated rings. The highest BCUT2D eigenvalue weighted by atomic mass is 32.2. The van der Waals surface area contributed by atoms with E-state index in [-0.39, 0.29) is 46.2 Å². The number of hydrogen-bond donors (Lipinski definition) is 1. The van der Waals surface area contributed by atoms with Crippen LogP contribution in [0.25, 0.3) is 0 Å². The number of anilines is 1. The molecule has 212 valence electrons. The second-order valence-corrected chi connectivity index (χ2v) is 10.3. The number of carbonyl (C=O) groups is 4. The van der Waals surface area contributed by atoms with Gasteiger partial charge in [0.1, 0.15) is 17.6 Å². The number of imide groups is 1. The number of benzene rings is 2. The highest BCUT2D eigenvalue weighted by Gasteiger charge is 2.39. The molecule has 4 amide bonds. The average molecular weight is 589 g/mol. The summed E-state index contributed by atoms with van der Waals surface area (Å²) >= 11 is 0.706. The van der Waals surface area contributed by atoms with E-state index >= 15 is 0 Å². The first kappa shape index (κ1) is 28.1. The minimum absolute atomic E-state index is 0.0183. The van der Waals surface area contributed by atoms with E-state index in [1.807, 2.05) is 0 Å². The molecule has 0 radical (unpaired) electrons. The van der Waals surface area contributed by atoms with Gasteiger partial charge in [-0.2, -0.15) is 13.2 Å². The van der Waals surface area contributed by atoms with Crippen LogP contribution in [0.3, 0.4) is 0 Å². The first-order chi connectivity index (χ1) is 19.4. The third kappa shape index (κ3) is 5.73. The molecule has 3 aromatic rings. The number of halogens is 4. The molecule has 5 rings (SSSR count). The Morgan fingerprint density at radius 1 is 1.15 bits per heavy atom. The molecule has 2 aliphatic rings. The molecule has 1 N–H and O–H groups in total. The quantitative estimate of drug-likeness (QED) is 0.337. The number of alkyl halides is 3. The molecular formula is C27H20F4N4O5S. The van der Waals surface area contributed by atoms with E-state index in [0.29, 0.717) is 17.3 Å². The number of hydrogen-bond acceptors (Lipinski definition) is 7. The maximum Gasteiger partial charge on any atom is 0.434 e. The molecule has 0 spiro atoms. The van der Waals surface area contributed by atoms with Crippen LogP contribution in [-0.2, 0) is 22.3 Å². The Bertz CT molecular complexity index is 1580. The largest absolute Gasteiger partial charge is 0.434 e. The van der Waals surface area contributed by atoms with Crippen LogP contribution in [0, 0.1) is 5.82 Å². The predicted octanol–water partition coefficient (Wildman–Crippen LogP) is 4.79. The molecule has 2 aromatic carbocycles. The second kappa shape index (κ2) is 10.8. The third-order valence-electron chi connectivity index (χ3n) is 6.52. The van der Waals surface area contributed by atoms with Gasteiger partial charge in [0.25, 0.3) is 5.91 Å². The highest BCUT2D eigenvalue weighted by molar-refractivity contribution is 7.99. The molecule has 1 unspecified atom stereocenters. The number of ether oxygens (including phenoxy) is 1. The highest BCUT2D eigenvalue weighted by Crippen LogP contribution is 2.39. The standard InChI is InChI=1S/C27H20F4N4O5S/c1-34(20-12-16(6-7-18(20)28)41-21-3-2-10-32-23(21)27(29,30)31)26(39)40-15-5-4-14-13-35(25(38)17(14)11-15)19-8-9-22(36)33-24(19)37/h2-7,10-12,19H,8-9,13H2,1H3,(H,33,36,37). The normalized spacial score (nSPS) is 16.9. The Kier molecular flexibility index (Phi) is 7.43. The lowest BCUT2D eigenvalue weighted by molar-refractivity contribution is -0.143. The second-order valence-electron chi connectivity index (χ2n) is 9.21.